The molecule has 7 nitrogen and oxygen atoms in total. The zero-order chi connectivity index (χ0) is 22.0. The van der Waals surface area contributed by atoms with Crippen LogP contribution in [0.5, 0.6) is 11.5 Å². The lowest BCUT2D eigenvalue weighted by atomic mass is 9.89. The van der Waals surface area contributed by atoms with Gasteiger partial charge in [0.25, 0.3) is 0 Å². The number of benzene rings is 2. The second kappa shape index (κ2) is 9.73. The van der Waals surface area contributed by atoms with E-state index in [-0.39, 0.29) is 13.2 Å². The first kappa shape index (κ1) is 22.3. The minimum atomic E-state index is -1.37. The van der Waals surface area contributed by atoms with Crippen molar-refractivity contribution in [3.63, 3.8) is 0 Å². The van der Waals surface area contributed by atoms with E-state index in [1.165, 1.54) is 0 Å². The lowest BCUT2D eigenvalue weighted by molar-refractivity contribution is -0.236. The molecule has 1 unspecified atom stereocenters. The van der Waals surface area contributed by atoms with Crippen molar-refractivity contribution in [2.24, 2.45) is 0 Å². The van der Waals surface area contributed by atoms with Crippen molar-refractivity contribution in [3.05, 3.63) is 58.1 Å². The van der Waals surface area contributed by atoms with E-state index in [9.17, 15) is 15.3 Å². The molecule has 1 saturated heterocycles. The van der Waals surface area contributed by atoms with Crippen LogP contribution in [0.3, 0.4) is 0 Å². The van der Waals surface area contributed by atoms with E-state index < -0.39 is 30.5 Å². The van der Waals surface area contributed by atoms with Crippen LogP contribution in [0, 0.1) is 0 Å². The van der Waals surface area contributed by atoms with E-state index >= 15 is 0 Å². The lowest BCUT2D eigenvalue weighted by Gasteiger charge is -2.41. The van der Waals surface area contributed by atoms with Gasteiger partial charge in [-0.1, -0.05) is 23.7 Å². The molecule has 2 aromatic carbocycles. The van der Waals surface area contributed by atoms with Gasteiger partial charge in [-0.2, -0.15) is 0 Å². The molecule has 3 N–H and O–H groups in total. The third kappa shape index (κ3) is 4.82. The number of aliphatic hydroxyl groups is 3. The number of halogens is 1. The zero-order valence-corrected chi connectivity index (χ0v) is 18.0. The topological polar surface area (TPSA) is 97.6 Å². The molecule has 4 rings (SSSR count). The van der Waals surface area contributed by atoms with Crippen molar-refractivity contribution in [3.8, 4) is 11.5 Å². The molecule has 0 aromatic heterocycles. The Morgan fingerprint density at radius 2 is 1.81 bits per heavy atom. The van der Waals surface area contributed by atoms with Gasteiger partial charge in [0.05, 0.1) is 19.8 Å². The summed E-state index contributed by atoms with van der Waals surface area (Å²) >= 11 is 6.55. The van der Waals surface area contributed by atoms with Crippen molar-refractivity contribution < 1.29 is 34.3 Å². The summed E-state index contributed by atoms with van der Waals surface area (Å²) in [7, 11) is 0. The molecule has 1 fully saturated rings. The average Bonchev–Trinajstić information content (AvgIpc) is 2.77. The highest BCUT2D eigenvalue weighted by molar-refractivity contribution is 6.31. The van der Waals surface area contributed by atoms with Crippen LogP contribution >= 0.6 is 11.6 Å². The fourth-order valence-electron chi connectivity index (χ4n) is 3.95. The molecule has 31 heavy (non-hydrogen) atoms. The number of hydrogen-bond acceptors (Lipinski definition) is 7. The molecular formula is C23H27ClO7. The molecule has 5 atom stereocenters. The minimum absolute atomic E-state index is 0.0900. The third-order valence-corrected chi connectivity index (χ3v) is 5.95. The van der Waals surface area contributed by atoms with Crippen molar-refractivity contribution in [2.75, 3.05) is 26.4 Å². The summed E-state index contributed by atoms with van der Waals surface area (Å²) in [5.41, 5.74) is 2.45. The first-order valence-corrected chi connectivity index (χ1v) is 10.8. The van der Waals surface area contributed by atoms with Crippen molar-refractivity contribution in [1.82, 2.24) is 0 Å². The smallest absolute Gasteiger partial charge is 0.126 e. The highest BCUT2D eigenvalue weighted by atomic mass is 35.5. The summed E-state index contributed by atoms with van der Waals surface area (Å²) in [6.45, 7) is 3.21. The fraction of sp³-hybridized carbons (Fsp3) is 0.478. The summed E-state index contributed by atoms with van der Waals surface area (Å²) in [6, 6.07) is 11.3. The Hall–Kier alpha value is -1.87. The molecule has 2 aromatic rings. The van der Waals surface area contributed by atoms with Crippen molar-refractivity contribution in [2.45, 2.75) is 43.9 Å². The van der Waals surface area contributed by atoms with E-state index in [4.69, 9.17) is 30.5 Å². The van der Waals surface area contributed by atoms with Gasteiger partial charge in [0.2, 0.25) is 0 Å². The van der Waals surface area contributed by atoms with E-state index in [0.29, 0.717) is 36.0 Å². The Kier molecular flexibility index (Phi) is 7.01. The first-order valence-electron chi connectivity index (χ1n) is 10.4. The fourth-order valence-corrected chi connectivity index (χ4v) is 4.17. The predicted octanol–water partition coefficient (Wildman–Crippen LogP) is 2.26. The maximum Gasteiger partial charge on any atom is 0.126 e. The molecule has 2 heterocycles. The molecule has 8 heteroatoms. The second-order valence-corrected chi connectivity index (χ2v) is 8.13. The molecule has 2 aliphatic rings. The van der Waals surface area contributed by atoms with Crippen LogP contribution in [-0.2, 0) is 15.9 Å². The number of rotatable bonds is 4. The molecule has 2 bridgehead atoms. The number of aliphatic hydroxyl groups excluding tert-OH is 3. The number of ether oxygens (including phenoxy) is 4. The zero-order valence-electron chi connectivity index (χ0n) is 17.2. The Bertz CT molecular complexity index is 888. The van der Waals surface area contributed by atoms with E-state index in [2.05, 4.69) is 0 Å². The summed E-state index contributed by atoms with van der Waals surface area (Å²) in [6.07, 6.45) is -5.04. The van der Waals surface area contributed by atoms with Gasteiger partial charge in [-0.15, -0.1) is 0 Å². The normalized spacial score (nSPS) is 28.4. The Balaban J connectivity index is 1.67. The van der Waals surface area contributed by atoms with Crippen LogP contribution in [-0.4, -0.2) is 66.2 Å². The third-order valence-electron chi connectivity index (χ3n) is 5.59. The first-order chi connectivity index (χ1) is 15.0. The molecule has 168 valence electrons. The van der Waals surface area contributed by atoms with Gasteiger partial charge in [-0.25, -0.2) is 0 Å². The highest BCUT2D eigenvalue weighted by Gasteiger charge is 2.45. The van der Waals surface area contributed by atoms with Crippen molar-refractivity contribution >= 4 is 11.6 Å². The van der Waals surface area contributed by atoms with Gasteiger partial charge >= 0.3 is 0 Å². The Morgan fingerprint density at radius 3 is 2.55 bits per heavy atom. The molecule has 0 amide bonds. The number of hydrogen-bond donors (Lipinski definition) is 3. The highest BCUT2D eigenvalue weighted by Crippen LogP contribution is 2.40. The molecule has 0 spiro atoms. The van der Waals surface area contributed by atoms with Crippen LogP contribution in [0.4, 0.5) is 0 Å². The summed E-state index contributed by atoms with van der Waals surface area (Å²) in [5.74, 6) is 1.26. The predicted molar refractivity (Wildman–Crippen MR) is 114 cm³/mol. The van der Waals surface area contributed by atoms with E-state index in [1.807, 2.05) is 37.3 Å². The summed E-state index contributed by atoms with van der Waals surface area (Å²) in [4.78, 5) is 0. The van der Waals surface area contributed by atoms with Crippen LogP contribution in [0.15, 0.2) is 36.4 Å². The maximum absolute atomic E-state index is 10.6. The Morgan fingerprint density at radius 1 is 1.03 bits per heavy atom. The van der Waals surface area contributed by atoms with E-state index in [1.54, 1.807) is 6.07 Å². The monoisotopic (exact) mass is 450 g/mol. The molecule has 0 aliphatic carbocycles. The van der Waals surface area contributed by atoms with Gasteiger partial charge in [0, 0.05) is 10.6 Å². The Labute approximate surface area is 186 Å². The SMILES string of the molecule is CCOc1ccc(Cc2cc3c(cc2Cl)OCCOC[C@H]2O[C@@H]3[C@H](O)C(O)[C@@H]2O)cc1. The number of fused-ring (bicyclic) bond motifs is 4. The van der Waals surface area contributed by atoms with Crippen LogP contribution < -0.4 is 9.47 Å². The van der Waals surface area contributed by atoms with Crippen LogP contribution in [0.1, 0.15) is 29.7 Å². The maximum atomic E-state index is 10.6. The van der Waals surface area contributed by atoms with Gasteiger partial charge in [0.15, 0.2) is 0 Å². The molecule has 0 radical (unpaired) electrons. The molecule has 2 aliphatic heterocycles. The summed E-state index contributed by atoms with van der Waals surface area (Å²) in [5, 5.41) is 31.8. The van der Waals surface area contributed by atoms with Gasteiger partial charge < -0.3 is 34.3 Å². The van der Waals surface area contributed by atoms with Gasteiger partial charge in [-0.3, -0.25) is 0 Å². The lowest BCUT2D eigenvalue weighted by Crippen LogP contribution is -2.55. The minimum Gasteiger partial charge on any atom is -0.494 e. The molecular weight excluding hydrogens is 424 g/mol. The second-order valence-electron chi connectivity index (χ2n) is 7.73. The quantitative estimate of drug-likeness (QED) is 0.657. The van der Waals surface area contributed by atoms with Crippen LogP contribution in [0.2, 0.25) is 5.02 Å². The van der Waals surface area contributed by atoms with Crippen molar-refractivity contribution in [1.29, 1.82) is 0 Å². The average molecular weight is 451 g/mol. The summed E-state index contributed by atoms with van der Waals surface area (Å²) < 4.78 is 22.8. The molecule has 0 saturated carbocycles. The standard InChI is InChI=1S/C23H27ClO7/c1-2-29-15-5-3-13(4-6-15)9-14-10-16-18(11-17(14)24)30-8-7-28-12-19-20(25)21(26)22(27)23(16)31-19/h3-6,10-11,19-23,25-27H,2,7-9,12H2,1H3/t19-,20-,21?,22-,23+/m1/s1. The van der Waals surface area contributed by atoms with Gasteiger partial charge in [-0.05, 0) is 48.7 Å². The largest absolute Gasteiger partial charge is 0.494 e. The van der Waals surface area contributed by atoms with E-state index in [0.717, 1.165) is 16.9 Å². The van der Waals surface area contributed by atoms with Gasteiger partial charge in [0.1, 0.15) is 48.6 Å². The van der Waals surface area contributed by atoms with Crippen LogP contribution in [0.25, 0.3) is 0 Å².